The largest absolute Gasteiger partial charge is 0.393 e. The van der Waals surface area contributed by atoms with Gasteiger partial charge < -0.3 is 49.2 Å². The Balaban J connectivity index is 0.000000458. The Labute approximate surface area is 513 Å². The summed E-state index contributed by atoms with van der Waals surface area (Å²) in [7, 11) is 14.1. The molecule has 15 nitrogen and oxygen atoms in total. The molecule has 0 bridgehead atoms. The van der Waals surface area contributed by atoms with Gasteiger partial charge in [-0.05, 0) is 231 Å². The molecule has 0 aromatic heterocycles. The molecule has 0 amide bonds. The maximum atomic E-state index is 10.8. The molecule has 83 heavy (non-hydrogen) atoms. The molecule has 11 aliphatic rings. The molecule has 492 valence electrons. The normalized spacial score (nSPS) is 25.3. The van der Waals surface area contributed by atoms with E-state index in [1.165, 1.54) is 168 Å². The van der Waals surface area contributed by atoms with Crippen LogP contribution >= 0.6 is 0 Å². The molecule has 3 aliphatic carbocycles. The van der Waals surface area contributed by atoms with Crippen molar-refractivity contribution in [2.24, 2.45) is 5.92 Å². The fourth-order valence-corrected chi connectivity index (χ4v) is 12.2. The molecule has 0 radical (unpaired) electrons. The summed E-state index contributed by atoms with van der Waals surface area (Å²) < 4.78 is 26.6. The number of ketones is 2. The number of aliphatic hydroxyl groups excluding tert-OH is 1. The Bertz CT molecular complexity index is 1600. The van der Waals surface area contributed by atoms with E-state index in [0.29, 0.717) is 42.7 Å². The third-order valence-corrected chi connectivity index (χ3v) is 19.1. The van der Waals surface area contributed by atoms with Crippen LogP contribution in [0.25, 0.3) is 0 Å². The number of piperidine rings is 4. The van der Waals surface area contributed by atoms with Crippen LogP contribution in [0.1, 0.15) is 207 Å². The highest BCUT2D eigenvalue weighted by Gasteiger charge is 2.22. The monoisotopic (exact) mass is 1200 g/mol. The molecule has 11 rings (SSSR count). The topological polar surface area (TPSA) is 144 Å². The molecule has 0 atom stereocenters. The molecule has 8 heterocycles. The number of Topliss-reactive ketones (excluding diaryl/α,β-unsaturated/α-hetero) is 2. The van der Waals surface area contributed by atoms with Crippen molar-refractivity contribution in [3.8, 4) is 0 Å². The zero-order valence-electron chi connectivity index (χ0n) is 56.3. The summed E-state index contributed by atoms with van der Waals surface area (Å²) in [5.74, 6) is 2.56. The molecular weight excluding hydrogens is 1060 g/mol. The van der Waals surface area contributed by atoms with Crippen molar-refractivity contribution in [3.63, 3.8) is 0 Å². The van der Waals surface area contributed by atoms with Gasteiger partial charge in [0.15, 0.2) is 9.84 Å². The number of allylic oxidation sites excluding steroid dienone is 2. The number of aliphatic hydroxyl groups is 2. The molecule has 10 fully saturated rings. The smallest absolute Gasteiger partial charge is 0.152 e. The summed E-state index contributed by atoms with van der Waals surface area (Å²) in [5.41, 5.74) is 1.27. The third-order valence-electron chi connectivity index (χ3n) is 17.5. The second kappa shape index (κ2) is 50.5. The van der Waals surface area contributed by atoms with Crippen LogP contribution in [0.4, 0.5) is 0 Å². The van der Waals surface area contributed by atoms with Crippen molar-refractivity contribution in [3.05, 3.63) is 11.6 Å². The van der Waals surface area contributed by atoms with Crippen LogP contribution in [0.2, 0.25) is 0 Å². The predicted molar refractivity (Wildman–Crippen MR) is 353 cm³/mol. The minimum Gasteiger partial charge on any atom is -0.393 e. The Morgan fingerprint density at radius 3 is 1.16 bits per heavy atom. The quantitative estimate of drug-likeness (QED) is 0.222. The van der Waals surface area contributed by atoms with Gasteiger partial charge in [0.25, 0.3) is 0 Å². The summed E-state index contributed by atoms with van der Waals surface area (Å²) in [6.07, 6.45) is 38.7. The highest BCUT2D eigenvalue weighted by molar-refractivity contribution is 7.91. The van der Waals surface area contributed by atoms with Crippen molar-refractivity contribution >= 4 is 21.4 Å². The second-order valence-electron chi connectivity index (χ2n) is 26.8. The van der Waals surface area contributed by atoms with E-state index in [4.69, 9.17) is 9.84 Å². The average molecular weight is 1200 g/mol. The van der Waals surface area contributed by atoms with Crippen molar-refractivity contribution < 1.29 is 33.0 Å². The SMILES string of the molecule is CC1(O)CCCCC1.CC1=CCCCC1.CC1CCC1.CN1CCC(O)CC1.CN1CCCC(=O)C1.CN1CCCC(=O)CC1.CN1CCCCC1.CN1CCCCC1.CN1CCCCCC1.CN1CCOCC1.CN1CCS(=O)(=O)CC1. The number of nitrogens with zero attached hydrogens (tertiary/aromatic N) is 8. The number of hydrogen-bond donors (Lipinski definition) is 2. The molecule has 2 saturated carbocycles. The number of rotatable bonds is 0. The molecular formula is C67H136N8O7S. The summed E-state index contributed by atoms with van der Waals surface area (Å²) in [4.78, 5) is 39.5. The van der Waals surface area contributed by atoms with E-state index in [1.807, 2.05) is 25.9 Å². The van der Waals surface area contributed by atoms with Crippen LogP contribution in [-0.2, 0) is 24.2 Å². The lowest BCUT2D eigenvalue weighted by Gasteiger charge is -2.27. The first kappa shape index (κ1) is 79.6. The van der Waals surface area contributed by atoms with Gasteiger partial charge >= 0.3 is 0 Å². The maximum absolute atomic E-state index is 10.8. The first-order valence-corrected chi connectivity index (χ1v) is 35.7. The van der Waals surface area contributed by atoms with Crippen LogP contribution in [0.5, 0.6) is 0 Å². The summed E-state index contributed by atoms with van der Waals surface area (Å²) >= 11 is 0. The zero-order chi connectivity index (χ0) is 61.6. The lowest BCUT2D eigenvalue weighted by atomic mass is 9.87. The standard InChI is InChI=1S/C7H13NO.C7H15N.C7H14O.C7H12.C6H13NO.C6H11NO.2C6H13N.C5H11NO2S.C5H11NO.C5H10/c1-8-5-2-3-7(9)4-6-8;1-8-6-4-2-3-5-7-8;1-7(8)5-3-2-4-6-7;1-7-5-3-2-4-6-7;1-7-4-2-6(8)3-5-7;1-7-4-2-3-6(8)5-7;2*1-7-5-3-2-4-6-7;1-6-2-4-9(7,8)5-3-6;1-6-2-4-7-5-3-6;1-5-3-2-4-5/h2-6H2,1H3;2-7H2,1H3;8H,2-6H2,1H3;5H,2-4,6H2,1H3;6,8H,2-5H2,1H3;2-5H2,1H3;2*2-6H2,1H3;2-5H2,1H3;2-5H2,1H3;5H,2-4H2,1H3. The van der Waals surface area contributed by atoms with E-state index in [9.17, 15) is 23.1 Å². The molecule has 0 unspecified atom stereocenters. The fourth-order valence-electron chi connectivity index (χ4n) is 10.8. The van der Waals surface area contributed by atoms with Crippen LogP contribution in [0.15, 0.2) is 11.6 Å². The lowest BCUT2D eigenvalue weighted by Crippen LogP contribution is -2.37. The lowest BCUT2D eigenvalue weighted by molar-refractivity contribution is -0.121. The Morgan fingerprint density at radius 1 is 0.446 bits per heavy atom. The molecule has 2 N–H and O–H groups in total. The van der Waals surface area contributed by atoms with Crippen LogP contribution in [-0.4, -0.2) is 267 Å². The van der Waals surface area contributed by atoms with Gasteiger partial charge in [0.05, 0.1) is 43.0 Å². The Morgan fingerprint density at radius 2 is 0.831 bits per heavy atom. The van der Waals surface area contributed by atoms with Gasteiger partial charge in [-0.1, -0.05) is 82.8 Å². The Hall–Kier alpha value is -1.41. The molecule has 0 aromatic carbocycles. The van der Waals surface area contributed by atoms with Gasteiger partial charge in [0.2, 0.25) is 0 Å². The van der Waals surface area contributed by atoms with Crippen LogP contribution < -0.4 is 0 Å². The number of likely N-dealkylation sites (tertiary alicyclic amines) is 6. The zero-order valence-corrected chi connectivity index (χ0v) is 57.1. The van der Waals surface area contributed by atoms with Gasteiger partial charge in [-0.2, -0.15) is 0 Å². The number of carbonyl (C=O) groups excluding carboxylic acids is 2. The number of ether oxygens (including phenoxy) is 1. The van der Waals surface area contributed by atoms with E-state index in [2.05, 4.69) is 96.5 Å². The first-order chi connectivity index (χ1) is 39.5. The van der Waals surface area contributed by atoms with Gasteiger partial charge in [-0.3, -0.25) is 14.5 Å². The number of carbonyl (C=O) groups is 2. The van der Waals surface area contributed by atoms with E-state index in [0.717, 1.165) is 123 Å². The van der Waals surface area contributed by atoms with Gasteiger partial charge in [0, 0.05) is 65.1 Å². The molecule has 0 spiro atoms. The van der Waals surface area contributed by atoms with E-state index >= 15 is 0 Å². The van der Waals surface area contributed by atoms with Crippen LogP contribution in [0.3, 0.4) is 0 Å². The highest BCUT2D eigenvalue weighted by Crippen LogP contribution is 2.27. The molecule has 0 aromatic rings. The predicted octanol–water partition coefficient (Wildman–Crippen LogP) is 10.0. The van der Waals surface area contributed by atoms with Crippen LogP contribution in [0, 0.1) is 5.92 Å². The van der Waals surface area contributed by atoms with E-state index < -0.39 is 9.84 Å². The van der Waals surface area contributed by atoms with Crippen molar-refractivity contribution in [1.29, 1.82) is 0 Å². The maximum Gasteiger partial charge on any atom is 0.152 e. The van der Waals surface area contributed by atoms with Crippen molar-refractivity contribution in [1.82, 2.24) is 39.2 Å². The third kappa shape index (κ3) is 51.2. The highest BCUT2D eigenvalue weighted by atomic mass is 32.2. The van der Waals surface area contributed by atoms with E-state index in [-0.39, 0.29) is 11.7 Å². The number of sulfone groups is 1. The number of morpholine rings is 1. The Kier molecular flexibility index (Phi) is 48.4. The second-order valence-corrected chi connectivity index (χ2v) is 29.1. The first-order valence-electron chi connectivity index (χ1n) is 33.9. The van der Waals surface area contributed by atoms with E-state index in [1.54, 1.807) is 5.57 Å². The number of likely N-dealkylation sites (N-methyl/N-ethyl adjacent to an activating group) is 2. The average Bonchev–Trinajstić information content (AvgIpc) is 3.84. The molecule has 8 aliphatic heterocycles. The minimum atomic E-state index is -2.66. The van der Waals surface area contributed by atoms with Gasteiger partial charge in [0.1, 0.15) is 11.6 Å². The summed E-state index contributed by atoms with van der Waals surface area (Å²) in [5, 5.41) is 18.4. The van der Waals surface area contributed by atoms with Gasteiger partial charge in [-0.25, -0.2) is 8.42 Å². The van der Waals surface area contributed by atoms with Crippen molar-refractivity contribution in [2.75, 3.05) is 186 Å². The summed E-state index contributed by atoms with van der Waals surface area (Å²) in [6.45, 7) is 25.7. The minimum absolute atomic E-state index is 0.0220. The summed E-state index contributed by atoms with van der Waals surface area (Å²) in [6, 6.07) is 0. The van der Waals surface area contributed by atoms with Gasteiger partial charge in [-0.15, -0.1) is 0 Å². The molecule has 16 heteroatoms. The fraction of sp³-hybridized carbons (Fsp3) is 0.940. The molecule has 8 saturated heterocycles. The van der Waals surface area contributed by atoms with Crippen molar-refractivity contribution in [2.45, 2.75) is 219 Å². The number of hydrogen-bond acceptors (Lipinski definition) is 15.